The van der Waals surface area contributed by atoms with E-state index >= 15 is 0 Å². The Morgan fingerprint density at radius 1 is 1.32 bits per heavy atom. The summed E-state index contributed by atoms with van der Waals surface area (Å²) in [6, 6.07) is 1.91. The first-order valence-corrected chi connectivity index (χ1v) is 8.16. The molecule has 0 N–H and O–H groups in total. The Morgan fingerprint density at radius 3 is 2.72 bits per heavy atom. The second kappa shape index (κ2) is 7.28. The van der Waals surface area contributed by atoms with Crippen LogP contribution in [0, 0.1) is 20.8 Å². The van der Waals surface area contributed by atoms with Crippen molar-refractivity contribution >= 4 is 5.91 Å². The summed E-state index contributed by atoms with van der Waals surface area (Å²) < 4.78 is 16.1. The molecule has 1 aliphatic heterocycles. The van der Waals surface area contributed by atoms with Crippen molar-refractivity contribution in [3.8, 4) is 0 Å². The molecule has 1 atom stereocenters. The molecule has 0 bridgehead atoms. The normalized spacial score (nSPS) is 17.8. The molecule has 3 heterocycles. The molecule has 1 fully saturated rings. The van der Waals surface area contributed by atoms with E-state index in [1.165, 1.54) is 0 Å². The molecule has 1 unspecified atom stereocenters. The molecule has 8 heteroatoms. The molecular formula is C17H22N4O4. The highest BCUT2D eigenvalue weighted by Gasteiger charge is 2.31. The van der Waals surface area contributed by atoms with Crippen LogP contribution in [-0.2, 0) is 16.1 Å². The van der Waals surface area contributed by atoms with Gasteiger partial charge in [-0.1, -0.05) is 5.16 Å². The number of rotatable bonds is 4. The molecule has 0 saturated carbocycles. The van der Waals surface area contributed by atoms with E-state index in [-0.39, 0.29) is 18.6 Å². The van der Waals surface area contributed by atoms with E-state index in [4.69, 9.17) is 14.0 Å². The minimum atomic E-state index is -0.352. The van der Waals surface area contributed by atoms with Crippen molar-refractivity contribution in [2.45, 2.75) is 33.5 Å². The topological polar surface area (TPSA) is 90.6 Å². The predicted octanol–water partition coefficient (Wildman–Crippen LogP) is 1.75. The lowest BCUT2D eigenvalue weighted by Gasteiger charge is -2.32. The zero-order valence-corrected chi connectivity index (χ0v) is 14.9. The van der Waals surface area contributed by atoms with Gasteiger partial charge in [-0.05, 0) is 26.8 Å². The Bertz CT molecular complexity index is 754. The molecule has 0 aliphatic carbocycles. The third-order valence-corrected chi connectivity index (χ3v) is 4.12. The van der Waals surface area contributed by atoms with E-state index in [1.807, 2.05) is 19.9 Å². The number of carbonyl (C=O) groups excluding carboxylic acids is 1. The van der Waals surface area contributed by atoms with E-state index in [9.17, 15) is 4.79 Å². The number of hydrogen-bond donors (Lipinski definition) is 0. The van der Waals surface area contributed by atoms with Crippen molar-refractivity contribution in [3.05, 3.63) is 40.3 Å². The number of nitrogens with zero attached hydrogens (tertiary/aromatic N) is 4. The highest BCUT2D eigenvalue weighted by Crippen LogP contribution is 2.23. The molecule has 1 amide bonds. The van der Waals surface area contributed by atoms with Crippen LogP contribution < -0.4 is 0 Å². The Labute approximate surface area is 146 Å². The van der Waals surface area contributed by atoms with E-state index in [0.717, 1.165) is 11.4 Å². The molecule has 0 aromatic carbocycles. The van der Waals surface area contributed by atoms with Crippen molar-refractivity contribution in [1.29, 1.82) is 0 Å². The average Bonchev–Trinajstić information content (AvgIpc) is 2.95. The highest BCUT2D eigenvalue weighted by molar-refractivity contribution is 5.93. The quantitative estimate of drug-likeness (QED) is 0.833. The standard InChI is InChI=1S/C17H22N4O4/c1-10-7-11(2)19-16(18-10)14-8-21(5-6-24-14)17(22)15-13(9-23-4)12(3)25-20-15/h7,14H,5-6,8-9H2,1-4H3. The van der Waals surface area contributed by atoms with Crippen LogP contribution in [0.15, 0.2) is 10.6 Å². The van der Waals surface area contributed by atoms with Gasteiger partial charge in [-0.15, -0.1) is 0 Å². The largest absolute Gasteiger partial charge is 0.380 e. The first kappa shape index (κ1) is 17.5. The fourth-order valence-corrected chi connectivity index (χ4v) is 2.91. The smallest absolute Gasteiger partial charge is 0.276 e. The zero-order chi connectivity index (χ0) is 18.0. The molecule has 2 aromatic heterocycles. The molecule has 3 rings (SSSR count). The number of amides is 1. The molecule has 134 valence electrons. The van der Waals surface area contributed by atoms with E-state index in [0.29, 0.717) is 42.5 Å². The summed E-state index contributed by atoms with van der Waals surface area (Å²) in [7, 11) is 1.57. The van der Waals surface area contributed by atoms with Gasteiger partial charge in [-0.2, -0.15) is 0 Å². The molecular weight excluding hydrogens is 324 g/mol. The number of ether oxygens (including phenoxy) is 2. The van der Waals surface area contributed by atoms with Gasteiger partial charge in [0.15, 0.2) is 11.5 Å². The Balaban J connectivity index is 1.80. The third kappa shape index (κ3) is 3.69. The van der Waals surface area contributed by atoms with Gasteiger partial charge in [0.05, 0.1) is 25.3 Å². The molecule has 0 spiro atoms. The van der Waals surface area contributed by atoms with Crippen LogP contribution in [0.4, 0.5) is 0 Å². The van der Waals surface area contributed by atoms with Gasteiger partial charge >= 0.3 is 0 Å². The van der Waals surface area contributed by atoms with Gasteiger partial charge in [-0.25, -0.2) is 9.97 Å². The Hall–Kier alpha value is -2.32. The molecule has 25 heavy (non-hydrogen) atoms. The van der Waals surface area contributed by atoms with Crippen molar-refractivity contribution in [2.24, 2.45) is 0 Å². The minimum absolute atomic E-state index is 0.193. The van der Waals surface area contributed by atoms with Gasteiger partial charge < -0.3 is 18.9 Å². The van der Waals surface area contributed by atoms with Crippen molar-refractivity contribution < 1.29 is 18.8 Å². The van der Waals surface area contributed by atoms with Gasteiger partial charge in [0.25, 0.3) is 5.91 Å². The summed E-state index contributed by atoms with van der Waals surface area (Å²) in [4.78, 5) is 23.5. The molecule has 1 aliphatic rings. The van der Waals surface area contributed by atoms with E-state index in [2.05, 4.69) is 15.1 Å². The fourth-order valence-electron chi connectivity index (χ4n) is 2.91. The highest BCUT2D eigenvalue weighted by atomic mass is 16.5. The summed E-state index contributed by atoms with van der Waals surface area (Å²) >= 11 is 0. The first-order chi connectivity index (χ1) is 12.0. The van der Waals surface area contributed by atoms with Crippen LogP contribution in [0.3, 0.4) is 0 Å². The van der Waals surface area contributed by atoms with Crippen molar-refractivity contribution in [3.63, 3.8) is 0 Å². The molecule has 0 radical (unpaired) electrons. The minimum Gasteiger partial charge on any atom is -0.380 e. The van der Waals surface area contributed by atoms with Crippen LogP contribution in [0.2, 0.25) is 0 Å². The lowest BCUT2D eigenvalue weighted by molar-refractivity contribution is -0.0273. The van der Waals surface area contributed by atoms with Crippen LogP contribution in [0.5, 0.6) is 0 Å². The van der Waals surface area contributed by atoms with Crippen LogP contribution in [0.25, 0.3) is 0 Å². The average molecular weight is 346 g/mol. The summed E-state index contributed by atoms with van der Waals surface area (Å²) in [5.41, 5.74) is 2.73. The maximum absolute atomic E-state index is 12.9. The summed E-state index contributed by atoms with van der Waals surface area (Å²) in [6.07, 6.45) is -0.352. The Morgan fingerprint density at radius 2 is 2.04 bits per heavy atom. The number of carbonyl (C=O) groups is 1. The van der Waals surface area contributed by atoms with Gasteiger partial charge in [-0.3, -0.25) is 4.79 Å². The van der Waals surface area contributed by atoms with Crippen molar-refractivity contribution in [1.82, 2.24) is 20.0 Å². The molecule has 8 nitrogen and oxygen atoms in total. The summed E-state index contributed by atoms with van der Waals surface area (Å²) in [5.74, 6) is 0.998. The molecule has 1 saturated heterocycles. The van der Waals surface area contributed by atoms with Crippen LogP contribution in [-0.4, -0.2) is 52.7 Å². The SMILES string of the molecule is COCc1c(C(=O)N2CCOC(c3nc(C)cc(C)n3)C2)noc1C. The van der Waals surface area contributed by atoms with Crippen LogP contribution in [0.1, 0.15) is 45.1 Å². The van der Waals surface area contributed by atoms with Gasteiger partial charge in [0.2, 0.25) is 0 Å². The first-order valence-electron chi connectivity index (χ1n) is 8.16. The second-order valence-electron chi connectivity index (χ2n) is 6.12. The van der Waals surface area contributed by atoms with E-state index in [1.54, 1.807) is 18.9 Å². The van der Waals surface area contributed by atoms with Gasteiger partial charge in [0.1, 0.15) is 11.9 Å². The van der Waals surface area contributed by atoms with Crippen molar-refractivity contribution in [2.75, 3.05) is 26.8 Å². The van der Waals surface area contributed by atoms with Crippen LogP contribution >= 0.6 is 0 Å². The predicted molar refractivity (Wildman–Crippen MR) is 88.1 cm³/mol. The monoisotopic (exact) mass is 346 g/mol. The maximum Gasteiger partial charge on any atom is 0.276 e. The lowest BCUT2D eigenvalue weighted by Crippen LogP contribution is -2.43. The number of hydrogen-bond acceptors (Lipinski definition) is 7. The second-order valence-corrected chi connectivity index (χ2v) is 6.12. The number of aromatic nitrogens is 3. The molecule has 2 aromatic rings. The zero-order valence-electron chi connectivity index (χ0n) is 14.9. The Kier molecular flexibility index (Phi) is 5.10. The maximum atomic E-state index is 12.9. The third-order valence-electron chi connectivity index (χ3n) is 4.12. The lowest BCUT2D eigenvalue weighted by atomic mass is 10.1. The number of aryl methyl sites for hydroxylation is 3. The van der Waals surface area contributed by atoms with E-state index < -0.39 is 0 Å². The van der Waals surface area contributed by atoms with Gasteiger partial charge in [0, 0.05) is 25.0 Å². The number of methoxy groups -OCH3 is 1. The fraction of sp³-hybridized carbons (Fsp3) is 0.529. The summed E-state index contributed by atoms with van der Waals surface area (Å²) in [5, 5.41) is 3.92. The number of morpholine rings is 1. The summed E-state index contributed by atoms with van der Waals surface area (Å²) in [6.45, 7) is 7.16.